The third-order valence-corrected chi connectivity index (χ3v) is 7.23. The predicted molar refractivity (Wildman–Crippen MR) is 125 cm³/mol. The van der Waals surface area contributed by atoms with Crippen LogP contribution >= 0.6 is 23.2 Å². The lowest BCUT2D eigenvalue weighted by molar-refractivity contribution is -0.384. The lowest BCUT2D eigenvalue weighted by Crippen LogP contribution is -2.40. The van der Waals surface area contributed by atoms with Gasteiger partial charge in [0.2, 0.25) is 10.0 Å². The number of rotatable bonds is 7. The molecule has 1 heterocycles. The van der Waals surface area contributed by atoms with E-state index < -0.39 is 32.1 Å². The molecule has 1 aliphatic rings. The van der Waals surface area contributed by atoms with Gasteiger partial charge in [-0.25, -0.2) is 8.42 Å². The number of anilines is 2. The Morgan fingerprint density at radius 2 is 1.85 bits per heavy atom. The summed E-state index contributed by atoms with van der Waals surface area (Å²) < 4.78 is 32.2. The molecule has 2 aromatic rings. The van der Waals surface area contributed by atoms with Crippen molar-refractivity contribution in [2.45, 2.75) is 4.90 Å². The largest absolute Gasteiger partial charge is 0.379 e. The lowest BCUT2D eigenvalue weighted by atomic mass is 10.2. The van der Waals surface area contributed by atoms with Crippen LogP contribution in [0.25, 0.3) is 0 Å². The van der Waals surface area contributed by atoms with E-state index in [2.05, 4.69) is 10.6 Å². The first-order chi connectivity index (χ1) is 16.1. The van der Waals surface area contributed by atoms with Crippen molar-refractivity contribution in [1.29, 1.82) is 5.26 Å². The maximum Gasteiger partial charge on any atom is 0.289 e. The second kappa shape index (κ2) is 10.8. The maximum absolute atomic E-state index is 12.9. The van der Waals surface area contributed by atoms with Crippen molar-refractivity contribution in [1.82, 2.24) is 4.31 Å². The van der Waals surface area contributed by atoms with Gasteiger partial charge in [0.25, 0.3) is 11.6 Å². The van der Waals surface area contributed by atoms with Gasteiger partial charge in [-0.05, 0) is 30.3 Å². The zero-order chi connectivity index (χ0) is 24.9. The molecule has 1 amide bonds. The summed E-state index contributed by atoms with van der Waals surface area (Å²) in [4.78, 5) is 22.7. The molecular weight excluding hydrogens is 509 g/mol. The van der Waals surface area contributed by atoms with Crippen molar-refractivity contribution in [3.8, 4) is 6.07 Å². The van der Waals surface area contributed by atoms with E-state index in [-0.39, 0.29) is 52.6 Å². The second-order valence-corrected chi connectivity index (χ2v) is 9.60. The molecule has 0 aliphatic carbocycles. The molecule has 1 saturated heterocycles. The highest BCUT2D eigenvalue weighted by Crippen LogP contribution is 2.29. The molecule has 2 N–H and O–H groups in total. The average molecular weight is 526 g/mol. The van der Waals surface area contributed by atoms with E-state index >= 15 is 0 Å². The Labute approximate surface area is 204 Å². The van der Waals surface area contributed by atoms with Crippen molar-refractivity contribution in [2.24, 2.45) is 0 Å². The number of hydrogen-bond donors (Lipinski definition) is 2. The summed E-state index contributed by atoms with van der Waals surface area (Å²) in [6, 6.07) is 9.36. The number of hydrogen-bond acceptors (Lipinski definition) is 8. The zero-order valence-electron chi connectivity index (χ0n) is 17.3. The smallest absolute Gasteiger partial charge is 0.289 e. The normalized spacial score (nSPS) is 14.8. The molecule has 1 fully saturated rings. The second-order valence-electron chi connectivity index (χ2n) is 6.85. The number of sulfonamides is 1. The van der Waals surface area contributed by atoms with Crippen molar-refractivity contribution in [3.05, 3.63) is 68.3 Å². The Bertz CT molecular complexity index is 1300. The van der Waals surface area contributed by atoms with E-state index in [0.29, 0.717) is 0 Å². The number of halogens is 2. The highest BCUT2D eigenvalue weighted by atomic mass is 35.5. The van der Waals surface area contributed by atoms with E-state index in [1.165, 1.54) is 34.6 Å². The summed E-state index contributed by atoms with van der Waals surface area (Å²) in [6.07, 6.45) is 1.05. The van der Waals surface area contributed by atoms with Gasteiger partial charge in [-0.15, -0.1) is 0 Å². The molecule has 11 nitrogen and oxygen atoms in total. The third kappa shape index (κ3) is 5.82. The number of nitriles is 1. The van der Waals surface area contributed by atoms with Gasteiger partial charge in [0, 0.05) is 31.0 Å². The summed E-state index contributed by atoms with van der Waals surface area (Å²) in [5.41, 5.74) is -0.599. The quantitative estimate of drug-likeness (QED) is 0.241. The molecule has 2 aromatic carbocycles. The monoisotopic (exact) mass is 525 g/mol. The Morgan fingerprint density at radius 3 is 2.50 bits per heavy atom. The van der Waals surface area contributed by atoms with E-state index in [9.17, 15) is 28.6 Å². The molecule has 178 valence electrons. The molecule has 34 heavy (non-hydrogen) atoms. The molecule has 14 heteroatoms. The SMILES string of the molecule is N#C/C(=C/Nc1cc(S(=O)(=O)N2CCOCC2)ccc1Cl)C(=O)Nc1ccc(Cl)c([N+](=O)[O-])c1. The van der Waals surface area contributed by atoms with Crippen molar-refractivity contribution >= 4 is 56.2 Å². The van der Waals surface area contributed by atoms with Crippen LogP contribution in [0.1, 0.15) is 0 Å². The summed E-state index contributed by atoms with van der Waals surface area (Å²) in [5.74, 6) is -0.861. The minimum atomic E-state index is -3.79. The number of nitrogens with one attached hydrogen (secondary N) is 2. The fraction of sp³-hybridized carbons (Fsp3) is 0.200. The molecule has 0 saturated carbocycles. The van der Waals surface area contributed by atoms with Gasteiger partial charge in [-0.3, -0.25) is 14.9 Å². The van der Waals surface area contributed by atoms with Gasteiger partial charge >= 0.3 is 0 Å². The van der Waals surface area contributed by atoms with Crippen molar-refractivity contribution in [3.63, 3.8) is 0 Å². The summed E-state index contributed by atoms with van der Waals surface area (Å²) in [5, 5.41) is 25.5. The van der Waals surface area contributed by atoms with Crippen LogP contribution in [0.2, 0.25) is 10.0 Å². The van der Waals surface area contributed by atoms with Crippen LogP contribution in [0, 0.1) is 21.4 Å². The number of carbonyl (C=O) groups excluding carboxylic acids is 1. The molecule has 3 rings (SSSR count). The number of carbonyl (C=O) groups is 1. The van der Waals surface area contributed by atoms with E-state index in [1.54, 1.807) is 6.07 Å². The standard InChI is InChI=1S/C20H17Cl2N5O6S/c21-16-4-2-15(34(31,32)26-5-7-33-8-6-26)10-18(16)24-12-13(11-23)20(28)25-14-1-3-17(22)19(9-14)27(29)30/h1-4,9-10,12,24H,5-8H2,(H,25,28)/b13-12-. The molecule has 0 spiro atoms. The minimum Gasteiger partial charge on any atom is -0.379 e. The number of nitro groups is 1. The fourth-order valence-electron chi connectivity index (χ4n) is 2.94. The highest BCUT2D eigenvalue weighted by molar-refractivity contribution is 7.89. The van der Waals surface area contributed by atoms with Gasteiger partial charge in [0.15, 0.2) is 0 Å². The Hall–Kier alpha value is -3.21. The number of morpholine rings is 1. The van der Waals surface area contributed by atoms with Crippen LogP contribution in [-0.2, 0) is 19.6 Å². The Morgan fingerprint density at radius 1 is 1.18 bits per heavy atom. The van der Waals surface area contributed by atoms with Crippen LogP contribution in [0.3, 0.4) is 0 Å². The molecule has 0 unspecified atom stereocenters. The first kappa shape index (κ1) is 25.4. The van der Waals surface area contributed by atoms with Gasteiger partial charge in [-0.2, -0.15) is 9.57 Å². The first-order valence-electron chi connectivity index (χ1n) is 9.63. The minimum absolute atomic E-state index is 0.0221. The van der Waals surface area contributed by atoms with Gasteiger partial charge < -0.3 is 15.4 Å². The summed E-state index contributed by atoms with van der Waals surface area (Å²) in [6.45, 7) is 1.01. The van der Waals surface area contributed by atoms with Crippen LogP contribution in [0.5, 0.6) is 0 Å². The number of ether oxygens (including phenoxy) is 1. The van der Waals surface area contributed by atoms with Crippen LogP contribution in [0.4, 0.5) is 17.1 Å². The van der Waals surface area contributed by atoms with Crippen LogP contribution in [0.15, 0.2) is 53.1 Å². The molecule has 0 radical (unpaired) electrons. The summed E-state index contributed by atoms with van der Waals surface area (Å²) >= 11 is 11.9. The van der Waals surface area contributed by atoms with Gasteiger partial charge in [0.1, 0.15) is 16.7 Å². The highest BCUT2D eigenvalue weighted by Gasteiger charge is 2.27. The van der Waals surface area contributed by atoms with Crippen LogP contribution in [-0.4, -0.2) is 49.9 Å². The van der Waals surface area contributed by atoms with E-state index in [1.807, 2.05) is 0 Å². The topological polar surface area (TPSA) is 155 Å². The van der Waals surface area contributed by atoms with Gasteiger partial charge in [-0.1, -0.05) is 23.2 Å². The number of nitrogens with zero attached hydrogens (tertiary/aromatic N) is 3. The van der Waals surface area contributed by atoms with E-state index in [4.69, 9.17) is 27.9 Å². The molecule has 1 aliphatic heterocycles. The number of amides is 1. The van der Waals surface area contributed by atoms with Gasteiger partial charge in [0.05, 0.1) is 33.7 Å². The summed E-state index contributed by atoms with van der Waals surface area (Å²) in [7, 11) is -3.79. The Kier molecular flexibility index (Phi) is 8.08. The third-order valence-electron chi connectivity index (χ3n) is 4.68. The number of nitro benzene ring substituents is 1. The predicted octanol–water partition coefficient (Wildman–Crippen LogP) is 3.38. The van der Waals surface area contributed by atoms with E-state index in [0.717, 1.165) is 12.3 Å². The zero-order valence-corrected chi connectivity index (χ0v) is 19.7. The first-order valence-corrected chi connectivity index (χ1v) is 11.8. The molecule has 0 atom stereocenters. The Balaban J connectivity index is 1.80. The van der Waals surface area contributed by atoms with Crippen molar-refractivity contribution in [2.75, 3.05) is 36.9 Å². The molecular formula is C20H17Cl2N5O6S. The fourth-order valence-corrected chi connectivity index (χ4v) is 4.73. The van der Waals surface area contributed by atoms with Crippen LogP contribution < -0.4 is 10.6 Å². The average Bonchev–Trinajstić information content (AvgIpc) is 2.82. The number of benzene rings is 2. The van der Waals surface area contributed by atoms with Crippen molar-refractivity contribution < 1.29 is 22.9 Å². The molecule has 0 bridgehead atoms. The lowest BCUT2D eigenvalue weighted by Gasteiger charge is -2.26. The maximum atomic E-state index is 12.9. The molecule has 0 aromatic heterocycles.